The standard InChI is InChI=1S/C17H18ClFN2O3S/c1-4-24-17(23)13-15(22)12-9(8-20(2)3)14(19)10(18)7-11(12)21-5-6-25-16(13)21/h7H,4-6,8H2,1-3H3. The highest BCUT2D eigenvalue weighted by molar-refractivity contribution is 7.99. The summed E-state index contributed by atoms with van der Waals surface area (Å²) in [6.07, 6.45) is 0. The van der Waals surface area contributed by atoms with E-state index in [1.165, 1.54) is 17.8 Å². The van der Waals surface area contributed by atoms with E-state index in [2.05, 4.69) is 0 Å². The van der Waals surface area contributed by atoms with E-state index in [0.717, 1.165) is 5.75 Å². The van der Waals surface area contributed by atoms with E-state index in [0.29, 0.717) is 17.1 Å². The lowest BCUT2D eigenvalue weighted by atomic mass is 10.0. The van der Waals surface area contributed by atoms with Crippen LogP contribution in [0.5, 0.6) is 0 Å². The molecule has 2 heterocycles. The summed E-state index contributed by atoms with van der Waals surface area (Å²) in [7, 11) is 3.55. The van der Waals surface area contributed by atoms with Crippen molar-refractivity contribution in [2.45, 2.75) is 25.0 Å². The summed E-state index contributed by atoms with van der Waals surface area (Å²) in [6.45, 7) is 2.67. The fourth-order valence-electron chi connectivity index (χ4n) is 3.05. The van der Waals surface area contributed by atoms with Gasteiger partial charge in [-0.15, -0.1) is 11.8 Å². The maximum absolute atomic E-state index is 14.7. The first-order valence-electron chi connectivity index (χ1n) is 7.88. The van der Waals surface area contributed by atoms with E-state index >= 15 is 0 Å². The molecule has 134 valence electrons. The van der Waals surface area contributed by atoms with E-state index in [1.54, 1.807) is 25.9 Å². The minimum absolute atomic E-state index is 0.0152. The number of thioether (sulfide) groups is 1. The molecular weight excluding hydrogens is 367 g/mol. The SMILES string of the molecule is CCOC(=O)c1c2n(c3cc(Cl)c(F)c(CN(C)C)c3c1=O)CCS2. The van der Waals surface area contributed by atoms with Crippen molar-refractivity contribution in [3.63, 3.8) is 0 Å². The molecule has 0 aliphatic carbocycles. The summed E-state index contributed by atoms with van der Waals surface area (Å²) >= 11 is 7.50. The predicted molar refractivity (Wildman–Crippen MR) is 97.2 cm³/mol. The first-order valence-corrected chi connectivity index (χ1v) is 9.25. The fourth-order valence-corrected chi connectivity index (χ4v) is 4.40. The van der Waals surface area contributed by atoms with Crippen LogP contribution in [0.4, 0.5) is 4.39 Å². The van der Waals surface area contributed by atoms with E-state index in [4.69, 9.17) is 16.3 Å². The lowest BCUT2D eigenvalue weighted by molar-refractivity contribution is 0.0519. The van der Waals surface area contributed by atoms with Crippen LogP contribution in [0.15, 0.2) is 15.9 Å². The van der Waals surface area contributed by atoms with Crippen LogP contribution in [0.3, 0.4) is 0 Å². The summed E-state index contributed by atoms with van der Waals surface area (Å²) in [5.74, 6) is -0.567. The lowest BCUT2D eigenvalue weighted by Crippen LogP contribution is -2.24. The highest BCUT2D eigenvalue weighted by Gasteiger charge is 2.29. The van der Waals surface area contributed by atoms with Crippen molar-refractivity contribution >= 4 is 40.2 Å². The number of hydrogen-bond donors (Lipinski definition) is 0. The van der Waals surface area contributed by atoms with E-state index < -0.39 is 17.2 Å². The molecule has 1 aliphatic heterocycles. The van der Waals surface area contributed by atoms with Gasteiger partial charge in [-0.1, -0.05) is 11.6 Å². The quantitative estimate of drug-likeness (QED) is 0.758. The summed E-state index contributed by atoms with van der Waals surface area (Å²) < 4.78 is 21.6. The summed E-state index contributed by atoms with van der Waals surface area (Å²) in [4.78, 5) is 27.2. The average Bonchev–Trinajstić information content (AvgIpc) is 3.00. The number of halogens is 2. The Hall–Kier alpha value is -1.57. The number of hydrogen-bond acceptors (Lipinski definition) is 5. The van der Waals surface area contributed by atoms with Crippen LogP contribution in [-0.2, 0) is 17.8 Å². The molecule has 0 saturated heterocycles. The highest BCUT2D eigenvalue weighted by atomic mass is 35.5. The number of fused-ring (bicyclic) bond motifs is 3. The number of nitrogens with zero attached hydrogens (tertiary/aromatic N) is 2. The first-order chi connectivity index (χ1) is 11.9. The van der Waals surface area contributed by atoms with Gasteiger partial charge in [0, 0.05) is 24.4 Å². The number of ether oxygens (including phenoxy) is 1. The van der Waals surface area contributed by atoms with Crippen LogP contribution in [-0.4, -0.2) is 41.9 Å². The van der Waals surface area contributed by atoms with Gasteiger partial charge in [0.2, 0.25) is 5.43 Å². The van der Waals surface area contributed by atoms with Crippen molar-refractivity contribution in [3.8, 4) is 0 Å². The molecule has 0 unspecified atom stereocenters. The van der Waals surface area contributed by atoms with Gasteiger partial charge < -0.3 is 14.2 Å². The summed E-state index contributed by atoms with van der Waals surface area (Å²) in [6, 6.07) is 1.47. The third-order valence-corrected chi connectivity index (χ3v) is 5.37. The van der Waals surface area contributed by atoms with Crippen LogP contribution < -0.4 is 5.43 Å². The van der Waals surface area contributed by atoms with Crippen molar-refractivity contribution in [2.75, 3.05) is 26.5 Å². The molecular formula is C17H18ClFN2O3S. The Morgan fingerprint density at radius 3 is 2.84 bits per heavy atom. The number of benzene rings is 1. The van der Waals surface area contributed by atoms with Crippen LogP contribution >= 0.6 is 23.4 Å². The molecule has 1 aromatic carbocycles. The zero-order valence-corrected chi connectivity index (χ0v) is 15.8. The smallest absolute Gasteiger partial charge is 0.344 e. The second-order valence-electron chi connectivity index (χ2n) is 6.01. The number of carbonyl (C=O) groups is 1. The molecule has 1 aliphatic rings. The Bertz CT molecular complexity index is 927. The molecule has 0 spiro atoms. The Morgan fingerprint density at radius 1 is 1.48 bits per heavy atom. The molecule has 0 bridgehead atoms. The maximum Gasteiger partial charge on any atom is 0.344 e. The van der Waals surface area contributed by atoms with Crippen molar-refractivity contribution < 1.29 is 13.9 Å². The van der Waals surface area contributed by atoms with E-state index in [9.17, 15) is 14.0 Å². The second kappa shape index (κ2) is 6.97. The molecule has 5 nitrogen and oxygen atoms in total. The number of pyridine rings is 1. The fraction of sp³-hybridized carbons (Fsp3) is 0.412. The molecule has 8 heteroatoms. The Kier molecular flexibility index (Phi) is 5.09. The summed E-state index contributed by atoms with van der Waals surface area (Å²) in [5, 5.41) is 0.735. The van der Waals surface area contributed by atoms with Gasteiger partial charge >= 0.3 is 5.97 Å². The normalized spacial score (nSPS) is 13.5. The molecule has 0 amide bonds. The van der Waals surface area contributed by atoms with Crippen molar-refractivity contribution in [3.05, 3.63) is 38.3 Å². The van der Waals surface area contributed by atoms with Crippen LogP contribution in [0.1, 0.15) is 22.8 Å². The number of esters is 1. The highest BCUT2D eigenvalue weighted by Crippen LogP contribution is 2.35. The largest absolute Gasteiger partial charge is 0.462 e. The Labute approximate surface area is 153 Å². The zero-order valence-electron chi connectivity index (χ0n) is 14.2. The van der Waals surface area contributed by atoms with E-state index in [-0.39, 0.29) is 34.7 Å². The van der Waals surface area contributed by atoms with Crippen molar-refractivity contribution in [1.82, 2.24) is 9.47 Å². The van der Waals surface area contributed by atoms with Crippen molar-refractivity contribution in [1.29, 1.82) is 0 Å². The van der Waals surface area contributed by atoms with Crippen molar-refractivity contribution in [2.24, 2.45) is 0 Å². The number of aryl methyl sites for hydroxylation is 1. The van der Waals surface area contributed by atoms with Gasteiger partial charge in [-0.25, -0.2) is 9.18 Å². The molecule has 0 fully saturated rings. The van der Waals surface area contributed by atoms with Crippen LogP contribution in [0.25, 0.3) is 10.9 Å². The number of carbonyl (C=O) groups excluding carboxylic acids is 1. The monoisotopic (exact) mass is 384 g/mol. The van der Waals surface area contributed by atoms with Gasteiger partial charge in [-0.05, 0) is 27.1 Å². The topological polar surface area (TPSA) is 51.5 Å². The Morgan fingerprint density at radius 2 is 2.20 bits per heavy atom. The zero-order chi connectivity index (χ0) is 18.3. The number of aromatic nitrogens is 1. The average molecular weight is 385 g/mol. The van der Waals surface area contributed by atoms with Gasteiger partial charge in [0.05, 0.1) is 27.6 Å². The lowest BCUT2D eigenvalue weighted by Gasteiger charge is -2.18. The first kappa shape index (κ1) is 18.2. The van der Waals surface area contributed by atoms with Gasteiger partial charge in [-0.2, -0.15) is 0 Å². The molecule has 0 radical (unpaired) electrons. The molecule has 2 aromatic rings. The summed E-state index contributed by atoms with van der Waals surface area (Å²) in [5.41, 5.74) is 0.247. The Balaban J connectivity index is 2.45. The third kappa shape index (κ3) is 3.05. The molecule has 0 saturated carbocycles. The molecule has 0 N–H and O–H groups in total. The second-order valence-corrected chi connectivity index (χ2v) is 7.50. The van der Waals surface area contributed by atoms with Gasteiger partial charge in [0.15, 0.2) is 0 Å². The molecule has 3 rings (SSSR count). The third-order valence-electron chi connectivity index (χ3n) is 4.01. The minimum Gasteiger partial charge on any atom is -0.462 e. The molecule has 1 aromatic heterocycles. The predicted octanol–water partition coefficient (Wildman–Crippen LogP) is 3.14. The van der Waals surface area contributed by atoms with Crippen LogP contribution in [0.2, 0.25) is 5.02 Å². The molecule has 25 heavy (non-hydrogen) atoms. The van der Waals surface area contributed by atoms with Gasteiger partial charge in [-0.3, -0.25) is 4.79 Å². The maximum atomic E-state index is 14.7. The van der Waals surface area contributed by atoms with Gasteiger partial charge in [0.25, 0.3) is 0 Å². The number of rotatable bonds is 4. The van der Waals surface area contributed by atoms with E-state index in [1.807, 2.05) is 4.57 Å². The minimum atomic E-state index is -0.668. The van der Waals surface area contributed by atoms with Crippen LogP contribution in [0, 0.1) is 5.82 Å². The molecule has 0 atom stereocenters. The van der Waals surface area contributed by atoms with Gasteiger partial charge in [0.1, 0.15) is 11.4 Å².